The van der Waals surface area contributed by atoms with Crippen LogP contribution in [0.5, 0.6) is 11.6 Å². The highest BCUT2D eigenvalue weighted by atomic mass is 35.5. The van der Waals surface area contributed by atoms with Crippen LogP contribution in [0.1, 0.15) is 25.0 Å². The number of aliphatic hydroxyl groups is 1. The standard InChI is InChI=1S/C25H28ClN7O3/c26-20-13-17(7-8-21(20)36-15-18-5-1-2-9-27-18)30-23-22-24(29-16-28-23)31-32-25(22)35-12-4-11-33-10-3-6-19(33)14-34/h1-2,5,7-9,13,16,19,34H,3-4,6,10-12,14-15H2,(H2,28,29,30,31,32)/t19-/m1/s1. The monoisotopic (exact) mass is 509 g/mol. The van der Waals surface area contributed by atoms with Crippen LogP contribution in [0.4, 0.5) is 11.5 Å². The third-order valence-corrected chi connectivity index (χ3v) is 6.45. The highest BCUT2D eigenvalue weighted by Gasteiger charge is 2.23. The van der Waals surface area contributed by atoms with E-state index >= 15 is 0 Å². The van der Waals surface area contributed by atoms with Gasteiger partial charge in [0, 0.05) is 24.5 Å². The lowest BCUT2D eigenvalue weighted by Crippen LogP contribution is -2.33. The largest absolute Gasteiger partial charge is 0.486 e. The molecule has 5 rings (SSSR count). The Bertz CT molecular complexity index is 1290. The Labute approximate surface area is 213 Å². The summed E-state index contributed by atoms with van der Waals surface area (Å²) in [7, 11) is 0. The number of anilines is 2. The molecule has 0 saturated carbocycles. The van der Waals surface area contributed by atoms with E-state index in [-0.39, 0.29) is 12.6 Å². The molecular weight excluding hydrogens is 482 g/mol. The van der Waals surface area contributed by atoms with Crippen molar-refractivity contribution in [3.8, 4) is 11.6 Å². The fourth-order valence-electron chi connectivity index (χ4n) is 4.33. The van der Waals surface area contributed by atoms with Gasteiger partial charge in [-0.2, -0.15) is 0 Å². The van der Waals surface area contributed by atoms with E-state index in [0.717, 1.165) is 43.7 Å². The Morgan fingerprint density at radius 2 is 2.11 bits per heavy atom. The lowest BCUT2D eigenvalue weighted by atomic mass is 10.2. The van der Waals surface area contributed by atoms with Gasteiger partial charge in [-0.15, -0.1) is 5.10 Å². The zero-order valence-corrected chi connectivity index (χ0v) is 20.5. The van der Waals surface area contributed by atoms with Gasteiger partial charge in [0.1, 0.15) is 29.9 Å². The molecule has 3 aromatic heterocycles. The first-order valence-electron chi connectivity index (χ1n) is 12.0. The van der Waals surface area contributed by atoms with E-state index in [2.05, 4.69) is 35.4 Å². The molecule has 1 aromatic carbocycles. The Morgan fingerprint density at radius 1 is 1.17 bits per heavy atom. The van der Waals surface area contributed by atoms with Crippen LogP contribution in [0.2, 0.25) is 5.02 Å². The summed E-state index contributed by atoms with van der Waals surface area (Å²) < 4.78 is 11.8. The first-order valence-corrected chi connectivity index (χ1v) is 12.3. The van der Waals surface area contributed by atoms with Crippen LogP contribution >= 0.6 is 11.6 Å². The van der Waals surface area contributed by atoms with Crippen LogP contribution in [0.25, 0.3) is 11.0 Å². The van der Waals surface area contributed by atoms with Crippen LogP contribution in [-0.2, 0) is 6.61 Å². The van der Waals surface area contributed by atoms with E-state index < -0.39 is 0 Å². The topological polar surface area (TPSA) is 121 Å². The van der Waals surface area contributed by atoms with Crippen LogP contribution in [0.3, 0.4) is 0 Å². The van der Waals surface area contributed by atoms with Crippen molar-refractivity contribution in [2.45, 2.75) is 31.9 Å². The van der Waals surface area contributed by atoms with Gasteiger partial charge in [0.15, 0.2) is 5.65 Å². The van der Waals surface area contributed by atoms with Gasteiger partial charge in [0.25, 0.3) is 0 Å². The number of likely N-dealkylation sites (tertiary alicyclic amines) is 1. The number of hydrogen-bond acceptors (Lipinski definition) is 9. The molecule has 1 saturated heterocycles. The highest BCUT2D eigenvalue weighted by molar-refractivity contribution is 6.32. The number of aliphatic hydroxyl groups excluding tert-OH is 1. The summed E-state index contributed by atoms with van der Waals surface area (Å²) in [4.78, 5) is 15.2. The summed E-state index contributed by atoms with van der Waals surface area (Å²) in [6, 6.07) is 11.4. The average Bonchev–Trinajstić information content (AvgIpc) is 3.54. The Hall–Kier alpha value is -3.47. The van der Waals surface area contributed by atoms with Gasteiger partial charge in [0.2, 0.25) is 5.88 Å². The van der Waals surface area contributed by atoms with Gasteiger partial charge in [-0.1, -0.05) is 17.7 Å². The molecule has 0 radical (unpaired) electrons. The van der Waals surface area contributed by atoms with Crippen molar-refractivity contribution in [2.75, 3.05) is 31.6 Å². The minimum atomic E-state index is 0.207. The predicted octanol–water partition coefficient (Wildman–Crippen LogP) is 3.95. The van der Waals surface area contributed by atoms with Crippen molar-refractivity contribution >= 4 is 34.1 Å². The van der Waals surface area contributed by atoms with E-state index in [9.17, 15) is 5.11 Å². The molecule has 11 heteroatoms. The number of halogens is 1. The second kappa shape index (κ2) is 11.5. The molecule has 188 valence electrons. The summed E-state index contributed by atoms with van der Waals surface area (Å²) >= 11 is 6.47. The minimum absolute atomic E-state index is 0.207. The van der Waals surface area contributed by atoms with Crippen LogP contribution in [0.15, 0.2) is 48.9 Å². The number of pyridine rings is 1. The Balaban J connectivity index is 1.23. The molecule has 10 nitrogen and oxygen atoms in total. The number of nitrogens with one attached hydrogen (secondary N) is 2. The first-order chi connectivity index (χ1) is 17.7. The zero-order chi connectivity index (χ0) is 24.7. The maximum atomic E-state index is 9.49. The van der Waals surface area contributed by atoms with E-state index in [4.69, 9.17) is 21.1 Å². The average molecular weight is 510 g/mol. The van der Waals surface area contributed by atoms with Crippen molar-refractivity contribution in [1.82, 2.24) is 30.0 Å². The number of fused-ring (bicyclic) bond motifs is 1. The minimum Gasteiger partial charge on any atom is -0.486 e. The molecule has 0 spiro atoms. The molecule has 4 heterocycles. The number of aromatic amines is 1. The van der Waals surface area contributed by atoms with Crippen LogP contribution in [-0.4, -0.2) is 67.5 Å². The number of hydrogen-bond donors (Lipinski definition) is 3. The molecule has 3 N–H and O–H groups in total. The van der Waals surface area contributed by atoms with Crippen LogP contribution < -0.4 is 14.8 Å². The number of rotatable bonds is 11. The summed E-state index contributed by atoms with van der Waals surface area (Å²) in [6.45, 7) is 2.93. The smallest absolute Gasteiger partial charge is 0.246 e. The van der Waals surface area contributed by atoms with E-state index in [1.165, 1.54) is 6.33 Å². The maximum Gasteiger partial charge on any atom is 0.246 e. The third-order valence-electron chi connectivity index (χ3n) is 6.16. The van der Waals surface area contributed by atoms with E-state index in [1.54, 1.807) is 18.3 Å². The molecule has 0 bridgehead atoms. The molecule has 4 aromatic rings. The van der Waals surface area contributed by atoms with Gasteiger partial charge < -0.3 is 19.9 Å². The van der Waals surface area contributed by atoms with Gasteiger partial charge in [-0.3, -0.25) is 15.0 Å². The predicted molar refractivity (Wildman–Crippen MR) is 137 cm³/mol. The number of ether oxygens (including phenoxy) is 2. The third kappa shape index (κ3) is 5.67. The number of aromatic nitrogens is 5. The summed E-state index contributed by atoms with van der Waals surface area (Å²) in [5.74, 6) is 1.56. The lowest BCUT2D eigenvalue weighted by molar-refractivity contribution is 0.150. The second-order valence-corrected chi connectivity index (χ2v) is 8.98. The van der Waals surface area contributed by atoms with Gasteiger partial charge in [0.05, 0.1) is 23.9 Å². The number of nitrogens with zero attached hydrogens (tertiary/aromatic N) is 5. The van der Waals surface area contributed by atoms with Crippen molar-refractivity contribution in [2.24, 2.45) is 0 Å². The molecule has 1 aliphatic heterocycles. The zero-order valence-electron chi connectivity index (χ0n) is 19.7. The molecular formula is C25H28ClN7O3. The van der Waals surface area contributed by atoms with E-state index in [1.807, 2.05) is 24.3 Å². The van der Waals surface area contributed by atoms with Crippen molar-refractivity contribution in [3.05, 3.63) is 59.6 Å². The van der Waals surface area contributed by atoms with Gasteiger partial charge in [-0.25, -0.2) is 9.97 Å². The number of H-pyrrole nitrogens is 1. The molecule has 0 unspecified atom stereocenters. The quantitative estimate of drug-likeness (QED) is 0.258. The summed E-state index contributed by atoms with van der Waals surface area (Å²) in [5, 5.41) is 21.1. The maximum absolute atomic E-state index is 9.49. The fourth-order valence-corrected chi connectivity index (χ4v) is 4.57. The molecule has 0 amide bonds. The number of benzene rings is 1. The Morgan fingerprint density at radius 3 is 2.94 bits per heavy atom. The molecule has 36 heavy (non-hydrogen) atoms. The fraction of sp³-hybridized carbons (Fsp3) is 0.360. The van der Waals surface area contributed by atoms with Crippen LogP contribution in [0, 0.1) is 0 Å². The Kier molecular flexibility index (Phi) is 7.75. The normalized spacial score (nSPS) is 15.9. The molecule has 1 aliphatic rings. The lowest BCUT2D eigenvalue weighted by Gasteiger charge is -2.22. The molecule has 1 fully saturated rings. The van der Waals surface area contributed by atoms with Gasteiger partial charge >= 0.3 is 0 Å². The summed E-state index contributed by atoms with van der Waals surface area (Å²) in [5.41, 5.74) is 2.13. The molecule has 1 atom stereocenters. The van der Waals surface area contributed by atoms with Gasteiger partial charge in [-0.05, 0) is 56.1 Å². The first kappa shape index (κ1) is 24.2. The van der Waals surface area contributed by atoms with Crippen molar-refractivity contribution in [1.29, 1.82) is 0 Å². The SMILES string of the molecule is OC[C@H]1CCCN1CCCOc1n[nH]c2ncnc(Nc3ccc(OCc4ccccn4)c(Cl)c3)c12. The van der Waals surface area contributed by atoms with Crippen molar-refractivity contribution < 1.29 is 14.6 Å². The van der Waals surface area contributed by atoms with E-state index in [0.29, 0.717) is 46.7 Å². The second-order valence-electron chi connectivity index (χ2n) is 8.57. The van der Waals surface area contributed by atoms with Crippen molar-refractivity contribution in [3.63, 3.8) is 0 Å². The highest BCUT2D eigenvalue weighted by Crippen LogP contribution is 2.33. The summed E-state index contributed by atoms with van der Waals surface area (Å²) in [6.07, 6.45) is 6.19. The molecule has 0 aliphatic carbocycles.